The highest BCUT2D eigenvalue weighted by Gasteiger charge is 2.27. The standard InChI is InChI=1S/C13H23N3O3S/c17-12(18)11-2-1-4-16(10-11)13(19)14-3-5-15-6-8-20-9-7-15/h11H,1-10H2,(H,14,19)(H,17,18)/t11-/m1/s1. The Hall–Kier alpha value is -0.950. The Labute approximate surface area is 123 Å². The third-order valence-electron chi connectivity index (χ3n) is 3.87. The van der Waals surface area contributed by atoms with Gasteiger partial charge in [-0.1, -0.05) is 0 Å². The Morgan fingerprint density at radius 2 is 2.00 bits per heavy atom. The van der Waals surface area contributed by atoms with Crippen LogP contribution in [0.3, 0.4) is 0 Å². The van der Waals surface area contributed by atoms with Crippen LogP contribution in [0.4, 0.5) is 4.79 Å². The summed E-state index contributed by atoms with van der Waals surface area (Å²) < 4.78 is 0. The third-order valence-corrected chi connectivity index (χ3v) is 4.81. The summed E-state index contributed by atoms with van der Waals surface area (Å²) in [5, 5.41) is 11.9. The SMILES string of the molecule is O=C(O)[C@@H]1CCCN(C(=O)NCCN2CCSCC2)C1. The molecule has 0 saturated carbocycles. The number of carboxylic acid groups (broad SMARTS) is 1. The minimum absolute atomic E-state index is 0.123. The Morgan fingerprint density at radius 3 is 2.70 bits per heavy atom. The van der Waals surface area contributed by atoms with Crippen molar-refractivity contribution in [2.75, 3.05) is 50.8 Å². The number of carbonyl (C=O) groups is 2. The van der Waals surface area contributed by atoms with Gasteiger partial charge in [0.2, 0.25) is 0 Å². The molecule has 2 amide bonds. The van der Waals surface area contributed by atoms with Gasteiger partial charge in [0.1, 0.15) is 0 Å². The third kappa shape index (κ3) is 4.56. The molecule has 2 N–H and O–H groups in total. The maximum atomic E-state index is 12.0. The van der Waals surface area contributed by atoms with E-state index in [2.05, 4.69) is 10.2 Å². The lowest BCUT2D eigenvalue weighted by molar-refractivity contribution is -0.143. The van der Waals surface area contributed by atoms with Crippen molar-refractivity contribution in [2.24, 2.45) is 5.92 Å². The molecular weight excluding hydrogens is 278 g/mol. The molecule has 2 rings (SSSR count). The van der Waals surface area contributed by atoms with Gasteiger partial charge in [0.25, 0.3) is 0 Å². The van der Waals surface area contributed by atoms with Crippen LogP contribution in [0.5, 0.6) is 0 Å². The number of likely N-dealkylation sites (tertiary alicyclic amines) is 1. The minimum atomic E-state index is -0.798. The van der Waals surface area contributed by atoms with Crippen molar-refractivity contribution in [1.82, 2.24) is 15.1 Å². The van der Waals surface area contributed by atoms with Gasteiger partial charge in [-0.2, -0.15) is 11.8 Å². The Balaban J connectivity index is 1.67. The lowest BCUT2D eigenvalue weighted by Crippen LogP contribution is -2.48. The second kappa shape index (κ2) is 7.73. The van der Waals surface area contributed by atoms with Crippen LogP contribution in [0, 0.1) is 5.92 Å². The molecule has 0 aliphatic carbocycles. The summed E-state index contributed by atoms with van der Waals surface area (Å²) in [5.41, 5.74) is 0. The number of thioether (sulfide) groups is 1. The van der Waals surface area contributed by atoms with E-state index in [9.17, 15) is 9.59 Å². The summed E-state index contributed by atoms with van der Waals surface area (Å²) in [6.07, 6.45) is 1.44. The molecule has 0 aromatic carbocycles. The molecule has 2 aliphatic rings. The Bertz CT molecular complexity index is 348. The van der Waals surface area contributed by atoms with Crippen LogP contribution in [0.15, 0.2) is 0 Å². The molecule has 0 unspecified atom stereocenters. The van der Waals surface area contributed by atoms with E-state index in [-0.39, 0.29) is 6.03 Å². The predicted octanol–water partition coefficient (Wildman–Crippen LogP) is 0.541. The van der Waals surface area contributed by atoms with Gasteiger partial charge in [0.05, 0.1) is 5.92 Å². The Kier molecular flexibility index (Phi) is 5.97. The first-order chi connectivity index (χ1) is 9.66. The summed E-state index contributed by atoms with van der Waals surface area (Å²) >= 11 is 1.97. The first-order valence-corrected chi connectivity index (χ1v) is 8.38. The fraction of sp³-hybridized carbons (Fsp3) is 0.846. The highest BCUT2D eigenvalue weighted by Crippen LogP contribution is 2.16. The van der Waals surface area contributed by atoms with Crippen molar-refractivity contribution in [3.63, 3.8) is 0 Å². The van der Waals surface area contributed by atoms with Gasteiger partial charge in [0.15, 0.2) is 0 Å². The van der Waals surface area contributed by atoms with E-state index in [0.29, 0.717) is 26.1 Å². The summed E-state index contributed by atoms with van der Waals surface area (Å²) in [5.74, 6) is 1.13. The molecule has 114 valence electrons. The molecule has 1 atom stereocenters. The number of carbonyl (C=O) groups excluding carboxylic acids is 1. The largest absolute Gasteiger partial charge is 0.481 e. The van der Waals surface area contributed by atoms with Crippen LogP contribution in [0.25, 0.3) is 0 Å². The van der Waals surface area contributed by atoms with Gasteiger partial charge in [0, 0.05) is 50.8 Å². The average molecular weight is 301 g/mol. The second-order valence-electron chi connectivity index (χ2n) is 5.31. The molecule has 7 heteroatoms. The van der Waals surface area contributed by atoms with Gasteiger partial charge < -0.3 is 15.3 Å². The second-order valence-corrected chi connectivity index (χ2v) is 6.53. The summed E-state index contributed by atoms with van der Waals surface area (Å²) in [6, 6.07) is -0.123. The summed E-state index contributed by atoms with van der Waals surface area (Å²) in [6.45, 7) is 4.69. The number of piperidine rings is 1. The first-order valence-electron chi connectivity index (χ1n) is 7.22. The number of hydrogen-bond donors (Lipinski definition) is 2. The van der Waals surface area contributed by atoms with Crippen LogP contribution < -0.4 is 5.32 Å². The normalized spacial score (nSPS) is 24.4. The first kappa shape index (κ1) is 15.4. The smallest absolute Gasteiger partial charge is 0.317 e. The van der Waals surface area contributed by atoms with E-state index < -0.39 is 11.9 Å². The van der Waals surface area contributed by atoms with Gasteiger partial charge in [-0.3, -0.25) is 9.69 Å². The fourth-order valence-corrected chi connectivity index (χ4v) is 3.60. The molecule has 0 bridgehead atoms. The molecule has 0 spiro atoms. The highest BCUT2D eigenvalue weighted by atomic mass is 32.2. The maximum absolute atomic E-state index is 12.0. The van der Waals surface area contributed by atoms with Gasteiger partial charge >= 0.3 is 12.0 Å². The molecule has 2 saturated heterocycles. The van der Waals surface area contributed by atoms with E-state index in [1.807, 2.05) is 11.8 Å². The van der Waals surface area contributed by atoms with Crippen molar-refractivity contribution in [2.45, 2.75) is 12.8 Å². The molecule has 0 radical (unpaired) electrons. The summed E-state index contributed by atoms with van der Waals surface area (Å²) in [4.78, 5) is 27.0. The maximum Gasteiger partial charge on any atom is 0.317 e. The molecule has 6 nitrogen and oxygen atoms in total. The topological polar surface area (TPSA) is 72.9 Å². The van der Waals surface area contributed by atoms with Crippen molar-refractivity contribution in [3.05, 3.63) is 0 Å². The minimum Gasteiger partial charge on any atom is -0.481 e. The van der Waals surface area contributed by atoms with Gasteiger partial charge in [-0.25, -0.2) is 4.79 Å². The van der Waals surface area contributed by atoms with Crippen molar-refractivity contribution in [3.8, 4) is 0 Å². The number of amides is 2. The van der Waals surface area contributed by atoms with E-state index in [1.54, 1.807) is 4.90 Å². The highest BCUT2D eigenvalue weighted by molar-refractivity contribution is 7.99. The molecule has 2 aliphatic heterocycles. The fourth-order valence-electron chi connectivity index (χ4n) is 2.62. The van der Waals surface area contributed by atoms with Crippen LogP contribution in [0.2, 0.25) is 0 Å². The number of carboxylic acids is 1. The van der Waals surface area contributed by atoms with Crippen LogP contribution in [-0.2, 0) is 4.79 Å². The number of hydrogen-bond acceptors (Lipinski definition) is 4. The van der Waals surface area contributed by atoms with Gasteiger partial charge in [-0.15, -0.1) is 0 Å². The monoisotopic (exact) mass is 301 g/mol. The number of aliphatic carboxylic acids is 1. The molecule has 2 fully saturated rings. The van der Waals surface area contributed by atoms with E-state index in [4.69, 9.17) is 5.11 Å². The quantitative estimate of drug-likeness (QED) is 0.793. The van der Waals surface area contributed by atoms with Gasteiger partial charge in [-0.05, 0) is 12.8 Å². The number of nitrogens with zero attached hydrogens (tertiary/aromatic N) is 2. The average Bonchev–Trinajstić information content (AvgIpc) is 2.48. The van der Waals surface area contributed by atoms with E-state index in [1.165, 1.54) is 11.5 Å². The van der Waals surface area contributed by atoms with E-state index >= 15 is 0 Å². The zero-order valence-corrected chi connectivity index (χ0v) is 12.5. The number of nitrogens with one attached hydrogen (secondary N) is 1. The van der Waals surface area contributed by atoms with Crippen molar-refractivity contribution < 1.29 is 14.7 Å². The van der Waals surface area contributed by atoms with Crippen molar-refractivity contribution in [1.29, 1.82) is 0 Å². The molecule has 0 aromatic rings. The lowest BCUT2D eigenvalue weighted by Gasteiger charge is -2.31. The zero-order chi connectivity index (χ0) is 14.4. The van der Waals surface area contributed by atoms with Crippen LogP contribution in [0.1, 0.15) is 12.8 Å². The Morgan fingerprint density at radius 1 is 1.25 bits per heavy atom. The van der Waals surface area contributed by atoms with Crippen LogP contribution >= 0.6 is 11.8 Å². The lowest BCUT2D eigenvalue weighted by atomic mass is 9.99. The molecular formula is C13H23N3O3S. The number of rotatable bonds is 4. The summed E-state index contributed by atoms with van der Waals surface area (Å²) in [7, 11) is 0. The number of urea groups is 1. The molecule has 0 aromatic heterocycles. The van der Waals surface area contributed by atoms with E-state index in [0.717, 1.165) is 26.1 Å². The predicted molar refractivity (Wildman–Crippen MR) is 79.1 cm³/mol. The van der Waals surface area contributed by atoms with Crippen molar-refractivity contribution >= 4 is 23.8 Å². The molecule has 20 heavy (non-hydrogen) atoms. The van der Waals surface area contributed by atoms with Crippen LogP contribution in [-0.4, -0.2) is 77.7 Å². The molecule has 2 heterocycles. The zero-order valence-electron chi connectivity index (χ0n) is 11.7.